The third kappa shape index (κ3) is 6.56. The quantitative estimate of drug-likeness (QED) is 0.581. The van der Waals surface area contributed by atoms with Crippen molar-refractivity contribution < 1.29 is 13.9 Å². The molecule has 4 nitrogen and oxygen atoms in total. The molecule has 0 atom stereocenters. The van der Waals surface area contributed by atoms with Crippen LogP contribution in [-0.2, 0) is 4.74 Å². The number of amides is 1. The largest absolute Gasteiger partial charge is 0.444 e. The van der Waals surface area contributed by atoms with E-state index in [1.165, 1.54) is 12.2 Å². The van der Waals surface area contributed by atoms with Gasteiger partial charge in [-0.25, -0.2) is 9.79 Å². The topological polar surface area (TPSA) is 41.9 Å². The second-order valence-corrected chi connectivity index (χ2v) is 6.25. The van der Waals surface area contributed by atoms with Crippen LogP contribution in [0.25, 0.3) is 0 Å². The number of rotatable bonds is 3. The van der Waals surface area contributed by atoms with Crippen LogP contribution in [0.15, 0.2) is 29.7 Å². The van der Waals surface area contributed by atoms with Crippen LogP contribution in [0.3, 0.4) is 0 Å². The van der Waals surface area contributed by atoms with E-state index in [-0.39, 0.29) is 12.0 Å². The second-order valence-electron chi connectivity index (χ2n) is 6.25. The van der Waals surface area contributed by atoms with Gasteiger partial charge in [0.25, 0.3) is 0 Å². The highest BCUT2D eigenvalue weighted by Gasteiger charge is 2.26. The van der Waals surface area contributed by atoms with E-state index in [9.17, 15) is 9.18 Å². The van der Waals surface area contributed by atoms with Gasteiger partial charge in [0.2, 0.25) is 5.95 Å². The molecule has 1 aliphatic heterocycles. The van der Waals surface area contributed by atoms with Crippen molar-refractivity contribution in [1.82, 2.24) is 4.90 Å². The smallest absolute Gasteiger partial charge is 0.410 e. The summed E-state index contributed by atoms with van der Waals surface area (Å²) in [7, 11) is 0. The highest BCUT2D eigenvalue weighted by Crippen LogP contribution is 2.22. The molecule has 1 saturated heterocycles. The van der Waals surface area contributed by atoms with E-state index in [1.54, 1.807) is 11.8 Å². The first-order chi connectivity index (χ1) is 9.71. The summed E-state index contributed by atoms with van der Waals surface area (Å²) >= 11 is 0. The molecule has 5 heteroatoms. The Morgan fingerprint density at radius 2 is 1.95 bits per heavy atom. The number of hydrogen-bond donors (Lipinski definition) is 0. The molecule has 0 aromatic heterocycles. The van der Waals surface area contributed by atoms with Crippen LogP contribution in [0.2, 0.25) is 0 Å². The van der Waals surface area contributed by atoms with E-state index >= 15 is 0 Å². The van der Waals surface area contributed by atoms with E-state index in [0.717, 1.165) is 12.8 Å². The number of carbonyl (C=O) groups is 1. The Morgan fingerprint density at radius 3 is 2.43 bits per heavy atom. The number of piperidine rings is 1. The molecule has 0 aliphatic carbocycles. The van der Waals surface area contributed by atoms with Crippen molar-refractivity contribution in [3.63, 3.8) is 0 Å². The van der Waals surface area contributed by atoms with Gasteiger partial charge in [0.05, 0.1) is 0 Å². The number of aliphatic imine (C=N–C) groups is 1. The van der Waals surface area contributed by atoms with Crippen LogP contribution in [0.5, 0.6) is 0 Å². The molecular weight excluding hydrogens is 271 g/mol. The molecule has 118 valence electrons. The monoisotopic (exact) mass is 296 g/mol. The third-order valence-corrected chi connectivity index (χ3v) is 3.14. The van der Waals surface area contributed by atoms with Gasteiger partial charge in [0, 0.05) is 18.8 Å². The van der Waals surface area contributed by atoms with Crippen molar-refractivity contribution >= 4 is 11.8 Å². The van der Waals surface area contributed by atoms with Crippen molar-refractivity contribution in [2.45, 2.75) is 46.1 Å². The minimum atomic E-state index is -0.489. The van der Waals surface area contributed by atoms with Gasteiger partial charge in [-0.1, -0.05) is 6.58 Å². The molecule has 1 heterocycles. The maximum absolute atomic E-state index is 13.6. The normalized spacial score (nSPS) is 18.6. The zero-order chi connectivity index (χ0) is 16.0. The maximum atomic E-state index is 13.6. The Bertz CT molecular complexity index is 442. The zero-order valence-corrected chi connectivity index (χ0v) is 13.4. The van der Waals surface area contributed by atoms with Gasteiger partial charge < -0.3 is 9.64 Å². The summed E-state index contributed by atoms with van der Waals surface area (Å²) in [5.74, 6) is -0.381. The van der Waals surface area contributed by atoms with Crippen LogP contribution in [-0.4, -0.2) is 35.4 Å². The first kappa shape index (κ1) is 17.4. The second kappa shape index (κ2) is 7.38. The first-order valence-electron chi connectivity index (χ1n) is 7.24. The Hall–Kier alpha value is -1.65. The summed E-state index contributed by atoms with van der Waals surface area (Å²) in [6.45, 7) is 11.9. The van der Waals surface area contributed by atoms with Crippen molar-refractivity contribution in [2.75, 3.05) is 13.1 Å². The average molecular weight is 296 g/mol. The molecule has 21 heavy (non-hydrogen) atoms. The number of carbonyl (C=O) groups excluding carboxylic acids is 1. The average Bonchev–Trinajstić information content (AvgIpc) is 2.37. The minimum Gasteiger partial charge on any atom is -0.444 e. The summed E-state index contributed by atoms with van der Waals surface area (Å²) in [6, 6.07) is 0. The molecule has 1 amide bonds. The molecule has 0 unspecified atom stereocenters. The first-order valence-corrected chi connectivity index (χ1v) is 7.24. The lowest BCUT2D eigenvalue weighted by atomic mass is 9.97. The summed E-state index contributed by atoms with van der Waals surface area (Å²) in [6.07, 6.45) is 4.17. The highest BCUT2D eigenvalue weighted by atomic mass is 19.1. The number of ether oxygens (including phenoxy) is 1. The van der Waals surface area contributed by atoms with Crippen molar-refractivity contribution in [1.29, 1.82) is 0 Å². The number of halogens is 1. The molecule has 1 fully saturated rings. The molecule has 0 radical (unpaired) electrons. The lowest BCUT2D eigenvalue weighted by molar-refractivity contribution is 0.0197. The van der Waals surface area contributed by atoms with Crippen molar-refractivity contribution in [2.24, 2.45) is 10.9 Å². The van der Waals surface area contributed by atoms with E-state index in [1.807, 2.05) is 20.8 Å². The fourth-order valence-corrected chi connectivity index (χ4v) is 2.02. The molecule has 0 saturated carbocycles. The zero-order valence-electron chi connectivity index (χ0n) is 13.4. The SMILES string of the molecule is C=CC(C)=N/C(F)=C/C1CCN(C(=O)OC(C)(C)C)CC1. The summed E-state index contributed by atoms with van der Waals surface area (Å²) < 4.78 is 18.9. The van der Waals surface area contributed by atoms with E-state index < -0.39 is 11.6 Å². The van der Waals surface area contributed by atoms with Crippen LogP contribution in [0.1, 0.15) is 40.5 Å². The van der Waals surface area contributed by atoms with Crippen molar-refractivity contribution in [3.05, 3.63) is 24.7 Å². The molecule has 1 aliphatic rings. The van der Waals surface area contributed by atoms with Gasteiger partial charge in [-0.2, -0.15) is 4.39 Å². The van der Waals surface area contributed by atoms with E-state index in [2.05, 4.69) is 11.6 Å². The van der Waals surface area contributed by atoms with Crippen LogP contribution >= 0.6 is 0 Å². The lowest BCUT2D eigenvalue weighted by Gasteiger charge is -2.32. The van der Waals surface area contributed by atoms with Gasteiger partial charge in [-0.3, -0.25) is 0 Å². The summed E-state index contributed by atoms with van der Waals surface area (Å²) in [5.41, 5.74) is 0.0617. The Labute approximate surface area is 126 Å². The predicted octanol–water partition coefficient (Wildman–Crippen LogP) is 4.09. The highest BCUT2D eigenvalue weighted by molar-refractivity contribution is 5.92. The molecule has 0 bridgehead atoms. The summed E-state index contributed by atoms with van der Waals surface area (Å²) in [4.78, 5) is 17.4. The number of allylic oxidation sites excluding steroid dienone is 2. The molecule has 0 aromatic rings. The van der Waals surface area contributed by atoms with Gasteiger partial charge in [0.15, 0.2) is 0 Å². The number of hydrogen-bond acceptors (Lipinski definition) is 3. The minimum absolute atomic E-state index is 0.102. The number of nitrogens with zero attached hydrogens (tertiary/aromatic N) is 2. The van der Waals surface area contributed by atoms with Crippen molar-refractivity contribution in [3.8, 4) is 0 Å². The Balaban J connectivity index is 2.51. The Morgan fingerprint density at radius 1 is 1.38 bits per heavy atom. The maximum Gasteiger partial charge on any atom is 0.410 e. The lowest BCUT2D eigenvalue weighted by Crippen LogP contribution is -2.41. The van der Waals surface area contributed by atoms with E-state index in [0.29, 0.717) is 18.8 Å². The van der Waals surface area contributed by atoms with Gasteiger partial charge in [-0.05, 0) is 58.6 Å². The predicted molar refractivity (Wildman–Crippen MR) is 83.0 cm³/mol. The molecule has 0 N–H and O–H groups in total. The van der Waals surface area contributed by atoms with Crippen LogP contribution in [0, 0.1) is 5.92 Å². The van der Waals surface area contributed by atoms with Crippen LogP contribution < -0.4 is 0 Å². The van der Waals surface area contributed by atoms with Gasteiger partial charge in [-0.15, -0.1) is 0 Å². The molecule has 0 aromatic carbocycles. The fraction of sp³-hybridized carbons (Fsp3) is 0.625. The third-order valence-electron chi connectivity index (χ3n) is 3.14. The van der Waals surface area contributed by atoms with Crippen LogP contribution in [0.4, 0.5) is 9.18 Å². The molecular formula is C16H25FN2O2. The Kier molecular flexibility index (Phi) is 6.12. The van der Waals surface area contributed by atoms with Gasteiger partial charge in [0.1, 0.15) is 5.60 Å². The van der Waals surface area contributed by atoms with Gasteiger partial charge >= 0.3 is 6.09 Å². The fourth-order valence-electron chi connectivity index (χ4n) is 2.02. The number of likely N-dealkylation sites (tertiary alicyclic amines) is 1. The van der Waals surface area contributed by atoms with E-state index in [4.69, 9.17) is 4.74 Å². The molecule has 0 spiro atoms. The standard InChI is InChI=1S/C16H25FN2O2/c1-6-12(2)18-14(17)11-13-7-9-19(10-8-13)15(20)21-16(3,4)5/h6,11,13H,1,7-10H2,2-5H3/b14-11+,18-12?. The molecule has 1 rings (SSSR count). The summed E-state index contributed by atoms with van der Waals surface area (Å²) in [5, 5.41) is 0.